The predicted octanol–water partition coefficient (Wildman–Crippen LogP) is 2.61. The Morgan fingerprint density at radius 1 is 1.29 bits per heavy atom. The molecule has 0 aliphatic heterocycles. The van der Waals surface area contributed by atoms with E-state index in [1.54, 1.807) is 0 Å². The van der Waals surface area contributed by atoms with Crippen LogP contribution < -0.4 is 10.1 Å². The van der Waals surface area contributed by atoms with E-state index in [1.165, 1.54) is 5.56 Å². The number of benzene rings is 1. The number of carbonyl (C=O) groups is 1. The maximum absolute atomic E-state index is 11.9. The van der Waals surface area contributed by atoms with Crippen LogP contribution in [0.25, 0.3) is 0 Å². The molecule has 1 fully saturated rings. The maximum atomic E-state index is 11.9. The average Bonchev–Trinajstić information content (AvgIpc) is 2.48. The van der Waals surface area contributed by atoms with E-state index in [9.17, 15) is 9.90 Å². The molecule has 0 bridgehead atoms. The van der Waals surface area contributed by atoms with Crippen molar-refractivity contribution in [1.29, 1.82) is 0 Å². The summed E-state index contributed by atoms with van der Waals surface area (Å²) in [5, 5.41) is 12.7. The fraction of sp³-hybridized carbons (Fsp3) is 0.588. The number of hydrogen-bond donors (Lipinski definition) is 2. The molecule has 1 aromatic carbocycles. The van der Waals surface area contributed by atoms with Crippen LogP contribution in [-0.4, -0.2) is 29.8 Å². The molecule has 0 aromatic heterocycles. The van der Waals surface area contributed by atoms with Gasteiger partial charge in [-0.1, -0.05) is 38.8 Å². The molecule has 2 unspecified atom stereocenters. The van der Waals surface area contributed by atoms with Crippen molar-refractivity contribution in [3.05, 3.63) is 29.8 Å². The van der Waals surface area contributed by atoms with Gasteiger partial charge >= 0.3 is 0 Å². The maximum Gasteiger partial charge on any atom is 0.258 e. The molecule has 1 aliphatic rings. The van der Waals surface area contributed by atoms with Crippen molar-refractivity contribution < 1.29 is 14.6 Å². The zero-order valence-corrected chi connectivity index (χ0v) is 12.8. The van der Waals surface area contributed by atoms with Crippen LogP contribution in [0.1, 0.15) is 51.0 Å². The summed E-state index contributed by atoms with van der Waals surface area (Å²) < 4.78 is 5.49. The molecular weight excluding hydrogens is 266 g/mol. The van der Waals surface area contributed by atoms with E-state index in [1.807, 2.05) is 24.3 Å². The van der Waals surface area contributed by atoms with Crippen LogP contribution in [0, 0.1) is 0 Å². The number of amides is 1. The van der Waals surface area contributed by atoms with Crippen LogP contribution in [0.15, 0.2) is 24.3 Å². The van der Waals surface area contributed by atoms with Gasteiger partial charge in [0.15, 0.2) is 6.61 Å². The molecule has 1 aromatic rings. The van der Waals surface area contributed by atoms with E-state index in [-0.39, 0.29) is 18.6 Å². The van der Waals surface area contributed by atoms with E-state index < -0.39 is 6.10 Å². The average molecular weight is 291 g/mol. The number of carbonyl (C=O) groups excluding carboxylic acids is 1. The van der Waals surface area contributed by atoms with Gasteiger partial charge < -0.3 is 15.2 Å². The molecule has 1 amide bonds. The molecule has 1 saturated carbocycles. The Hall–Kier alpha value is -1.55. The van der Waals surface area contributed by atoms with Gasteiger partial charge in [-0.15, -0.1) is 0 Å². The van der Waals surface area contributed by atoms with E-state index in [0.29, 0.717) is 11.7 Å². The first-order chi connectivity index (χ1) is 10.1. The molecule has 0 heterocycles. The van der Waals surface area contributed by atoms with E-state index >= 15 is 0 Å². The van der Waals surface area contributed by atoms with Gasteiger partial charge in [-0.2, -0.15) is 0 Å². The standard InChI is InChI=1S/C17H25NO3/c1-12(2)13-7-9-14(10-8-13)21-11-17(20)18-15-5-3-4-6-16(15)19/h7-10,12,15-16,19H,3-6,11H2,1-2H3,(H,18,20). The number of nitrogens with one attached hydrogen (secondary N) is 1. The lowest BCUT2D eigenvalue weighted by molar-refractivity contribution is -0.125. The van der Waals surface area contributed by atoms with Gasteiger partial charge in [0.2, 0.25) is 0 Å². The van der Waals surface area contributed by atoms with Crippen molar-refractivity contribution in [1.82, 2.24) is 5.32 Å². The van der Waals surface area contributed by atoms with Crippen LogP contribution in [0.2, 0.25) is 0 Å². The fourth-order valence-corrected chi connectivity index (χ4v) is 2.63. The summed E-state index contributed by atoms with van der Waals surface area (Å²) in [5.74, 6) is 1.00. The van der Waals surface area contributed by atoms with Crippen molar-refractivity contribution in [2.24, 2.45) is 0 Å². The number of aliphatic hydroxyl groups is 1. The molecule has 0 saturated heterocycles. The fourth-order valence-electron chi connectivity index (χ4n) is 2.63. The summed E-state index contributed by atoms with van der Waals surface area (Å²) in [7, 11) is 0. The van der Waals surface area contributed by atoms with Gasteiger partial charge in [0, 0.05) is 0 Å². The van der Waals surface area contributed by atoms with Crippen molar-refractivity contribution in [3.63, 3.8) is 0 Å². The van der Waals surface area contributed by atoms with Gasteiger partial charge in [0.25, 0.3) is 5.91 Å². The highest BCUT2D eigenvalue weighted by molar-refractivity contribution is 5.77. The molecular formula is C17H25NO3. The molecule has 2 atom stereocenters. The minimum Gasteiger partial charge on any atom is -0.484 e. The summed E-state index contributed by atoms with van der Waals surface area (Å²) in [4.78, 5) is 11.9. The minimum atomic E-state index is -0.423. The van der Waals surface area contributed by atoms with E-state index in [4.69, 9.17) is 4.74 Å². The Morgan fingerprint density at radius 2 is 1.95 bits per heavy atom. The summed E-state index contributed by atoms with van der Waals surface area (Å²) in [5.41, 5.74) is 1.25. The van der Waals surface area contributed by atoms with Crippen LogP contribution in [0.5, 0.6) is 5.75 Å². The Labute approximate surface area is 126 Å². The summed E-state index contributed by atoms with van der Waals surface area (Å²) >= 11 is 0. The second-order valence-corrected chi connectivity index (χ2v) is 6.04. The molecule has 21 heavy (non-hydrogen) atoms. The Balaban J connectivity index is 1.78. The van der Waals surface area contributed by atoms with E-state index in [0.717, 1.165) is 25.7 Å². The molecule has 4 heteroatoms. The number of hydrogen-bond acceptors (Lipinski definition) is 3. The Kier molecular flexibility index (Phi) is 5.62. The lowest BCUT2D eigenvalue weighted by atomic mass is 9.92. The van der Waals surface area contributed by atoms with Gasteiger partial charge in [-0.25, -0.2) is 0 Å². The first-order valence-corrected chi connectivity index (χ1v) is 7.76. The molecule has 2 rings (SSSR count). The molecule has 0 spiro atoms. The summed E-state index contributed by atoms with van der Waals surface area (Å²) in [6, 6.07) is 7.68. The second kappa shape index (κ2) is 7.46. The minimum absolute atomic E-state index is 0.00968. The SMILES string of the molecule is CC(C)c1ccc(OCC(=O)NC2CCCCC2O)cc1. The molecule has 4 nitrogen and oxygen atoms in total. The molecule has 1 aliphatic carbocycles. The van der Waals surface area contributed by atoms with Gasteiger partial charge in [0.1, 0.15) is 5.75 Å². The molecule has 116 valence electrons. The van der Waals surface area contributed by atoms with Crippen LogP contribution in [-0.2, 0) is 4.79 Å². The van der Waals surface area contributed by atoms with Gasteiger partial charge in [-0.3, -0.25) is 4.79 Å². The third kappa shape index (κ3) is 4.74. The monoisotopic (exact) mass is 291 g/mol. The van der Waals surface area contributed by atoms with Crippen molar-refractivity contribution in [2.75, 3.05) is 6.61 Å². The first kappa shape index (κ1) is 15.8. The highest BCUT2D eigenvalue weighted by Gasteiger charge is 2.24. The largest absolute Gasteiger partial charge is 0.484 e. The Bertz CT molecular complexity index is 456. The number of aliphatic hydroxyl groups excluding tert-OH is 1. The summed E-state index contributed by atoms with van der Waals surface area (Å²) in [6.07, 6.45) is 3.28. The van der Waals surface area contributed by atoms with Crippen LogP contribution >= 0.6 is 0 Å². The quantitative estimate of drug-likeness (QED) is 0.876. The third-order valence-electron chi connectivity index (χ3n) is 3.99. The third-order valence-corrected chi connectivity index (χ3v) is 3.99. The zero-order chi connectivity index (χ0) is 15.2. The second-order valence-electron chi connectivity index (χ2n) is 6.04. The highest BCUT2D eigenvalue weighted by Crippen LogP contribution is 2.19. The van der Waals surface area contributed by atoms with Crippen LogP contribution in [0.3, 0.4) is 0 Å². The van der Waals surface area contributed by atoms with Crippen molar-refractivity contribution in [3.8, 4) is 5.75 Å². The van der Waals surface area contributed by atoms with Crippen molar-refractivity contribution in [2.45, 2.75) is 57.6 Å². The number of ether oxygens (including phenoxy) is 1. The number of rotatable bonds is 5. The van der Waals surface area contributed by atoms with Gasteiger partial charge in [0.05, 0.1) is 12.1 Å². The Morgan fingerprint density at radius 3 is 2.57 bits per heavy atom. The van der Waals surface area contributed by atoms with E-state index in [2.05, 4.69) is 19.2 Å². The summed E-state index contributed by atoms with van der Waals surface area (Å²) in [6.45, 7) is 4.27. The van der Waals surface area contributed by atoms with Crippen molar-refractivity contribution >= 4 is 5.91 Å². The van der Waals surface area contributed by atoms with Gasteiger partial charge in [-0.05, 0) is 36.5 Å². The topological polar surface area (TPSA) is 58.6 Å². The highest BCUT2D eigenvalue weighted by atomic mass is 16.5. The molecule has 2 N–H and O–H groups in total. The predicted molar refractivity (Wildman–Crippen MR) is 82.4 cm³/mol. The lowest BCUT2D eigenvalue weighted by Gasteiger charge is -2.28. The molecule has 0 radical (unpaired) electrons. The van der Waals surface area contributed by atoms with Crippen LogP contribution in [0.4, 0.5) is 0 Å². The first-order valence-electron chi connectivity index (χ1n) is 7.76. The smallest absolute Gasteiger partial charge is 0.258 e. The zero-order valence-electron chi connectivity index (χ0n) is 12.8. The lowest BCUT2D eigenvalue weighted by Crippen LogP contribution is -2.46. The normalized spacial score (nSPS) is 22.1.